The second-order valence-corrected chi connectivity index (χ2v) is 8.97. The first-order valence-electron chi connectivity index (χ1n) is 13.1. The smallest absolute Gasteiger partial charge is 0.336 e. The lowest BCUT2D eigenvalue weighted by Crippen LogP contribution is -2.34. The Labute approximate surface area is 248 Å². The van der Waals surface area contributed by atoms with Gasteiger partial charge in [-0.3, -0.25) is 14.4 Å². The molecule has 0 bridgehead atoms. The normalized spacial score (nSPS) is 12.0. The molecular weight excluding hydrogens is 560 g/mol. The zero-order valence-corrected chi connectivity index (χ0v) is 24.4. The first kappa shape index (κ1) is 32.2. The van der Waals surface area contributed by atoms with Crippen molar-refractivity contribution in [3.05, 3.63) is 83.9 Å². The van der Waals surface area contributed by atoms with Crippen molar-refractivity contribution in [2.75, 3.05) is 20.8 Å². The van der Waals surface area contributed by atoms with Gasteiger partial charge in [0.2, 0.25) is 0 Å². The summed E-state index contributed by atoms with van der Waals surface area (Å²) in [6.07, 6.45) is 0.714. The summed E-state index contributed by atoms with van der Waals surface area (Å²) < 4.78 is 38.3. The van der Waals surface area contributed by atoms with E-state index in [2.05, 4.69) is 0 Å². The average Bonchev–Trinajstić information content (AvgIpc) is 2.97. The van der Waals surface area contributed by atoms with Crippen LogP contribution in [0.2, 0.25) is 0 Å². The molecule has 0 amide bonds. The summed E-state index contributed by atoms with van der Waals surface area (Å²) in [5.74, 6) is -0.859. The van der Waals surface area contributed by atoms with Crippen LogP contribution >= 0.6 is 0 Å². The molecule has 2 atom stereocenters. The van der Waals surface area contributed by atoms with Gasteiger partial charge in [-0.05, 0) is 48.0 Å². The third-order valence-electron chi connectivity index (χ3n) is 5.71. The summed E-state index contributed by atoms with van der Waals surface area (Å²) in [5.41, 5.74) is 1.09. The highest BCUT2D eigenvalue weighted by atomic mass is 16.6. The van der Waals surface area contributed by atoms with Gasteiger partial charge in [0, 0.05) is 32.4 Å². The van der Waals surface area contributed by atoms with Crippen molar-refractivity contribution in [1.29, 1.82) is 0 Å². The molecule has 226 valence electrons. The molecule has 0 saturated heterocycles. The summed E-state index contributed by atoms with van der Waals surface area (Å²) in [4.78, 5) is 47.4. The molecule has 3 aromatic rings. The van der Waals surface area contributed by atoms with Gasteiger partial charge in [-0.15, -0.1) is 0 Å². The van der Waals surface area contributed by atoms with Crippen LogP contribution in [0, 0.1) is 0 Å². The molecule has 11 nitrogen and oxygen atoms in total. The monoisotopic (exact) mass is 592 g/mol. The molecule has 0 spiro atoms. The standard InChI is InChI=1S/C32H32O11/c1-20(33)39-19-30(42-27-9-7-6-8-26(27)37-4)32(41-22(3)35)24-13-16-28(29(18-24)38-5)43-31(36)17-12-23-10-14-25(15-11-23)40-21(2)34/h6-18,30,32H,19H2,1-5H3/b17-12+/t30-,32+/m0/s1. The number of hydrogen-bond acceptors (Lipinski definition) is 11. The van der Waals surface area contributed by atoms with Crippen molar-refractivity contribution in [2.24, 2.45) is 0 Å². The van der Waals surface area contributed by atoms with E-state index in [9.17, 15) is 19.2 Å². The molecule has 0 fully saturated rings. The largest absolute Gasteiger partial charge is 0.493 e. The molecule has 0 saturated carbocycles. The fourth-order valence-electron chi connectivity index (χ4n) is 3.86. The Morgan fingerprint density at radius 3 is 2.00 bits per heavy atom. The SMILES string of the molecule is COc1cc([C@@H](OC(C)=O)[C@H](COC(C)=O)Oc2ccccc2OC)ccc1OC(=O)/C=C/c1ccc(OC(C)=O)cc1. The van der Waals surface area contributed by atoms with Crippen LogP contribution in [0.4, 0.5) is 0 Å². The number of para-hydroxylation sites is 2. The number of methoxy groups -OCH3 is 2. The maximum absolute atomic E-state index is 12.6. The molecule has 0 N–H and O–H groups in total. The summed E-state index contributed by atoms with van der Waals surface area (Å²) in [7, 11) is 2.87. The van der Waals surface area contributed by atoms with E-state index in [0.717, 1.165) is 0 Å². The van der Waals surface area contributed by atoms with Gasteiger partial charge < -0.3 is 33.2 Å². The van der Waals surface area contributed by atoms with E-state index in [4.69, 9.17) is 33.2 Å². The molecule has 43 heavy (non-hydrogen) atoms. The predicted molar refractivity (Wildman–Crippen MR) is 154 cm³/mol. The highest BCUT2D eigenvalue weighted by Gasteiger charge is 2.31. The van der Waals surface area contributed by atoms with Crippen LogP contribution in [-0.2, 0) is 28.7 Å². The van der Waals surface area contributed by atoms with E-state index in [1.165, 1.54) is 59.3 Å². The summed E-state index contributed by atoms with van der Waals surface area (Å²) in [5, 5.41) is 0. The number of esters is 4. The van der Waals surface area contributed by atoms with E-state index in [-0.39, 0.29) is 18.1 Å². The molecule has 0 radical (unpaired) electrons. The lowest BCUT2D eigenvalue weighted by Gasteiger charge is -2.28. The average molecular weight is 593 g/mol. The minimum atomic E-state index is -1.06. The molecule has 3 rings (SSSR count). The van der Waals surface area contributed by atoms with Gasteiger partial charge in [-0.1, -0.05) is 30.3 Å². The molecule has 3 aromatic carbocycles. The van der Waals surface area contributed by atoms with Crippen molar-refractivity contribution in [3.63, 3.8) is 0 Å². The Morgan fingerprint density at radius 1 is 0.721 bits per heavy atom. The van der Waals surface area contributed by atoms with Crippen molar-refractivity contribution >= 4 is 30.0 Å². The van der Waals surface area contributed by atoms with Crippen molar-refractivity contribution in [2.45, 2.75) is 33.0 Å². The maximum atomic E-state index is 12.6. The summed E-state index contributed by atoms with van der Waals surface area (Å²) >= 11 is 0. The third kappa shape index (κ3) is 9.92. The summed E-state index contributed by atoms with van der Waals surface area (Å²) in [6, 6.07) is 18.0. The first-order chi connectivity index (χ1) is 20.6. The fraction of sp³-hybridized carbons (Fsp3) is 0.250. The van der Waals surface area contributed by atoms with Crippen LogP contribution in [0.3, 0.4) is 0 Å². The van der Waals surface area contributed by atoms with E-state index < -0.39 is 36.1 Å². The topological polar surface area (TPSA) is 133 Å². The summed E-state index contributed by atoms with van der Waals surface area (Å²) in [6.45, 7) is 3.54. The lowest BCUT2D eigenvalue weighted by molar-refractivity contribution is -0.157. The number of rotatable bonds is 13. The third-order valence-corrected chi connectivity index (χ3v) is 5.71. The van der Waals surface area contributed by atoms with Crippen molar-refractivity contribution in [3.8, 4) is 28.7 Å². The Hall–Kier alpha value is -5.32. The molecule has 0 aliphatic carbocycles. The van der Waals surface area contributed by atoms with Crippen LogP contribution < -0.4 is 23.7 Å². The van der Waals surface area contributed by atoms with Crippen LogP contribution in [0.15, 0.2) is 72.8 Å². The van der Waals surface area contributed by atoms with Gasteiger partial charge in [0.25, 0.3) is 0 Å². The maximum Gasteiger partial charge on any atom is 0.336 e. The number of benzene rings is 3. The van der Waals surface area contributed by atoms with Gasteiger partial charge in [0.05, 0.1) is 14.2 Å². The minimum Gasteiger partial charge on any atom is -0.493 e. The molecular formula is C32H32O11. The molecule has 11 heteroatoms. The number of carbonyl (C=O) groups excluding carboxylic acids is 4. The lowest BCUT2D eigenvalue weighted by atomic mass is 10.0. The Kier molecular flexibility index (Phi) is 11.7. The molecule has 0 aliphatic rings. The fourth-order valence-corrected chi connectivity index (χ4v) is 3.86. The van der Waals surface area contributed by atoms with Crippen LogP contribution in [0.25, 0.3) is 6.08 Å². The van der Waals surface area contributed by atoms with E-state index in [0.29, 0.717) is 28.4 Å². The van der Waals surface area contributed by atoms with Gasteiger partial charge in [-0.25, -0.2) is 4.79 Å². The first-order valence-corrected chi connectivity index (χ1v) is 13.1. The van der Waals surface area contributed by atoms with E-state index in [1.54, 1.807) is 54.6 Å². The zero-order valence-electron chi connectivity index (χ0n) is 24.4. The number of carbonyl (C=O) groups is 4. The van der Waals surface area contributed by atoms with Gasteiger partial charge >= 0.3 is 23.9 Å². The Bertz CT molecular complexity index is 1460. The zero-order chi connectivity index (χ0) is 31.4. The van der Waals surface area contributed by atoms with Crippen molar-refractivity contribution < 1.29 is 52.3 Å². The second kappa shape index (κ2) is 15.6. The van der Waals surface area contributed by atoms with Crippen molar-refractivity contribution in [1.82, 2.24) is 0 Å². The molecule has 0 heterocycles. The number of hydrogen-bond donors (Lipinski definition) is 0. The highest BCUT2D eigenvalue weighted by Crippen LogP contribution is 2.36. The van der Waals surface area contributed by atoms with Gasteiger partial charge in [0.1, 0.15) is 12.4 Å². The quantitative estimate of drug-likeness (QED) is 0.153. The highest BCUT2D eigenvalue weighted by molar-refractivity contribution is 5.89. The second-order valence-electron chi connectivity index (χ2n) is 8.97. The molecule has 0 aliphatic heterocycles. The number of ether oxygens (including phenoxy) is 7. The predicted octanol–water partition coefficient (Wildman–Crippen LogP) is 4.86. The minimum absolute atomic E-state index is 0.106. The van der Waals surface area contributed by atoms with Crippen LogP contribution in [0.5, 0.6) is 28.7 Å². The van der Waals surface area contributed by atoms with E-state index >= 15 is 0 Å². The van der Waals surface area contributed by atoms with E-state index in [1.807, 2.05) is 0 Å². The van der Waals surface area contributed by atoms with Crippen LogP contribution in [0.1, 0.15) is 38.0 Å². The van der Waals surface area contributed by atoms with Crippen LogP contribution in [-0.4, -0.2) is 50.8 Å². The Balaban J connectivity index is 1.85. The van der Waals surface area contributed by atoms with Gasteiger partial charge in [0.15, 0.2) is 35.2 Å². The Morgan fingerprint density at radius 2 is 1.40 bits per heavy atom. The van der Waals surface area contributed by atoms with Gasteiger partial charge in [-0.2, -0.15) is 0 Å². The molecule has 0 unspecified atom stereocenters. The molecule has 0 aromatic heterocycles.